The predicted octanol–water partition coefficient (Wildman–Crippen LogP) is 3.48. The molecule has 0 radical (unpaired) electrons. The highest BCUT2D eigenvalue weighted by molar-refractivity contribution is 9.09. The van der Waals surface area contributed by atoms with Crippen LogP contribution in [0.4, 0.5) is 4.79 Å². The molecule has 1 aromatic carbocycles. The predicted molar refractivity (Wildman–Crippen MR) is 94.9 cm³/mol. The molecule has 1 rings (SSSR count). The normalized spacial score (nSPS) is 13.8. The highest BCUT2D eigenvalue weighted by Gasteiger charge is 2.25. The van der Waals surface area contributed by atoms with Crippen molar-refractivity contribution in [3.8, 4) is 0 Å². The summed E-state index contributed by atoms with van der Waals surface area (Å²) >= 11 is 3.40. The van der Waals surface area contributed by atoms with Gasteiger partial charge in [0.1, 0.15) is 5.60 Å². The topological polar surface area (TPSA) is 67.4 Å². The van der Waals surface area contributed by atoms with Crippen molar-refractivity contribution in [1.82, 2.24) is 10.6 Å². The first-order valence-corrected chi connectivity index (χ1v) is 8.80. The monoisotopic (exact) mass is 384 g/mol. The molecule has 2 unspecified atom stereocenters. The fourth-order valence-electron chi connectivity index (χ4n) is 2.03. The summed E-state index contributed by atoms with van der Waals surface area (Å²) in [6.07, 6.45) is 0.189. The molecule has 6 heteroatoms. The van der Waals surface area contributed by atoms with E-state index in [2.05, 4.69) is 26.6 Å². The number of hydrogen-bond donors (Lipinski definition) is 2. The van der Waals surface area contributed by atoms with Gasteiger partial charge in [0.15, 0.2) is 0 Å². The summed E-state index contributed by atoms with van der Waals surface area (Å²) in [5.41, 5.74) is 0.0325. The number of alkyl carbamates (subject to hydrolysis) is 1. The van der Waals surface area contributed by atoms with Crippen LogP contribution in [0, 0.1) is 0 Å². The minimum Gasteiger partial charge on any atom is -0.444 e. The number of alkyl halides is 1. The van der Waals surface area contributed by atoms with Crippen LogP contribution < -0.4 is 10.6 Å². The molecule has 0 aliphatic rings. The fraction of sp³-hybridized carbons (Fsp3) is 0.529. The second-order valence-electron chi connectivity index (χ2n) is 6.26. The Morgan fingerprint density at radius 3 is 2.22 bits per heavy atom. The number of nitrogens with one attached hydrogen (secondary N) is 2. The fourth-order valence-corrected chi connectivity index (χ4v) is 2.65. The van der Waals surface area contributed by atoms with Crippen molar-refractivity contribution in [2.75, 3.05) is 5.33 Å². The highest BCUT2D eigenvalue weighted by Crippen LogP contribution is 2.10. The van der Waals surface area contributed by atoms with Gasteiger partial charge in [-0.1, -0.05) is 41.1 Å². The van der Waals surface area contributed by atoms with E-state index in [9.17, 15) is 9.59 Å². The Labute approximate surface area is 146 Å². The largest absolute Gasteiger partial charge is 0.444 e. The molecule has 0 fully saturated rings. The third-order valence-electron chi connectivity index (χ3n) is 3.15. The van der Waals surface area contributed by atoms with E-state index in [1.807, 2.05) is 45.9 Å². The van der Waals surface area contributed by atoms with Crippen molar-refractivity contribution in [1.29, 1.82) is 0 Å². The van der Waals surface area contributed by atoms with Crippen LogP contribution >= 0.6 is 15.9 Å². The molecule has 23 heavy (non-hydrogen) atoms. The number of carbonyl (C=O) groups is 2. The lowest BCUT2D eigenvalue weighted by Crippen LogP contribution is -2.53. The van der Waals surface area contributed by atoms with E-state index in [0.29, 0.717) is 17.3 Å². The second-order valence-corrected chi connectivity index (χ2v) is 6.91. The zero-order chi connectivity index (χ0) is 17.5. The first-order chi connectivity index (χ1) is 10.8. The molecule has 0 aromatic heterocycles. The summed E-state index contributed by atoms with van der Waals surface area (Å²) in [4.78, 5) is 24.2. The van der Waals surface area contributed by atoms with Gasteiger partial charge in [0.25, 0.3) is 5.91 Å². The molecular weight excluding hydrogens is 360 g/mol. The summed E-state index contributed by atoms with van der Waals surface area (Å²) < 4.78 is 5.28. The van der Waals surface area contributed by atoms with Gasteiger partial charge in [-0.2, -0.15) is 0 Å². The summed E-state index contributed by atoms with van der Waals surface area (Å²) in [6.45, 7) is 7.39. The molecule has 1 aromatic rings. The number of halogens is 1. The molecule has 0 aliphatic heterocycles. The van der Waals surface area contributed by atoms with Crippen molar-refractivity contribution in [3.63, 3.8) is 0 Å². The van der Waals surface area contributed by atoms with Crippen molar-refractivity contribution >= 4 is 27.9 Å². The molecule has 5 nitrogen and oxygen atoms in total. The molecular formula is C17H25BrN2O3. The molecule has 2 N–H and O–H groups in total. The molecule has 0 saturated heterocycles. The van der Waals surface area contributed by atoms with E-state index in [1.165, 1.54) is 0 Å². The maximum absolute atomic E-state index is 12.3. The Hall–Kier alpha value is -1.56. The maximum atomic E-state index is 12.3. The summed E-state index contributed by atoms with van der Waals surface area (Å²) in [6, 6.07) is 8.53. The first-order valence-electron chi connectivity index (χ1n) is 7.68. The van der Waals surface area contributed by atoms with Crippen LogP contribution in [-0.4, -0.2) is 35.0 Å². The van der Waals surface area contributed by atoms with Crippen LogP contribution in [-0.2, 0) is 4.74 Å². The second kappa shape index (κ2) is 8.91. The molecule has 0 bridgehead atoms. The quantitative estimate of drug-likeness (QED) is 0.737. The molecule has 128 valence electrons. The third-order valence-corrected chi connectivity index (χ3v) is 3.84. The van der Waals surface area contributed by atoms with Crippen LogP contribution in [0.15, 0.2) is 30.3 Å². The molecule has 2 amide bonds. The molecule has 0 spiro atoms. The Morgan fingerprint density at radius 2 is 1.74 bits per heavy atom. The zero-order valence-corrected chi connectivity index (χ0v) is 15.6. The van der Waals surface area contributed by atoms with Gasteiger partial charge < -0.3 is 15.4 Å². The van der Waals surface area contributed by atoms with Crippen LogP contribution in [0.25, 0.3) is 0 Å². The molecule has 2 atom stereocenters. The highest BCUT2D eigenvalue weighted by atomic mass is 79.9. The summed E-state index contributed by atoms with van der Waals surface area (Å²) in [7, 11) is 0. The van der Waals surface area contributed by atoms with E-state index in [1.54, 1.807) is 12.1 Å². The van der Waals surface area contributed by atoms with Crippen molar-refractivity contribution in [3.05, 3.63) is 35.9 Å². The van der Waals surface area contributed by atoms with Crippen molar-refractivity contribution in [2.45, 2.75) is 51.8 Å². The minimum absolute atomic E-state index is 0.167. The van der Waals surface area contributed by atoms with E-state index >= 15 is 0 Å². The van der Waals surface area contributed by atoms with Crippen LogP contribution in [0.5, 0.6) is 0 Å². The smallest absolute Gasteiger partial charge is 0.407 e. The van der Waals surface area contributed by atoms with Crippen LogP contribution in [0.3, 0.4) is 0 Å². The lowest BCUT2D eigenvalue weighted by Gasteiger charge is -2.28. The SMILES string of the molecule is CCC(NC(=O)OC(C)(C)C)C(CBr)NC(=O)c1ccccc1. The standard InChI is InChI=1S/C17H25BrN2O3/c1-5-13(20-16(22)23-17(2,3)4)14(11-18)19-15(21)12-9-7-6-8-10-12/h6-10,13-14H,5,11H2,1-4H3,(H,19,21)(H,20,22). The zero-order valence-electron chi connectivity index (χ0n) is 14.1. The Morgan fingerprint density at radius 1 is 1.13 bits per heavy atom. The van der Waals surface area contributed by atoms with E-state index < -0.39 is 11.7 Å². The lowest BCUT2D eigenvalue weighted by molar-refractivity contribution is 0.0490. The molecule has 0 heterocycles. The van der Waals surface area contributed by atoms with Gasteiger partial charge in [0, 0.05) is 10.9 Å². The number of carbonyl (C=O) groups excluding carboxylic acids is 2. The summed E-state index contributed by atoms with van der Waals surface area (Å²) in [5, 5.41) is 6.30. The van der Waals surface area contributed by atoms with E-state index in [4.69, 9.17) is 4.74 Å². The van der Waals surface area contributed by atoms with Crippen LogP contribution in [0.2, 0.25) is 0 Å². The van der Waals surface area contributed by atoms with Gasteiger partial charge >= 0.3 is 6.09 Å². The minimum atomic E-state index is -0.556. The van der Waals surface area contributed by atoms with Gasteiger partial charge in [-0.25, -0.2) is 4.79 Å². The van der Waals surface area contributed by atoms with Gasteiger partial charge in [-0.15, -0.1) is 0 Å². The maximum Gasteiger partial charge on any atom is 0.407 e. The third kappa shape index (κ3) is 7.03. The summed E-state index contributed by atoms with van der Waals surface area (Å²) in [5.74, 6) is -0.167. The van der Waals surface area contributed by atoms with Crippen molar-refractivity contribution < 1.29 is 14.3 Å². The van der Waals surface area contributed by atoms with Crippen LogP contribution in [0.1, 0.15) is 44.5 Å². The Bertz CT molecular complexity index is 514. The van der Waals surface area contributed by atoms with Gasteiger partial charge in [0.05, 0.1) is 12.1 Å². The van der Waals surface area contributed by atoms with Gasteiger partial charge in [-0.05, 0) is 39.3 Å². The number of hydrogen-bond acceptors (Lipinski definition) is 3. The van der Waals surface area contributed by atoms with E-state index in [-0.39, 0.29) is 18.0 Å². The molecule has 0 saturated carbocycles. The number of rotatable bonds is 6. The van der Waals surface area contributed by atoms with E-state index in [0.717, 1.165) is 0 Å². The average molecular weight is 385 g/mol. The van der Waals surface area contributed by atoms with Gasteiger partial charge in [0.2, 0.25) is 0 Å². The van der Waals surface area contributed by atoms with Gasteiger partial charge in [-0.3, -0.25) is 4.79 Å². The molecule has 0 aliphatic carbocycles. The Balaban J connectivity index is 2.69. The lowest BCUT2D eigenvalue weighted by atomic mass is 10.1. The van der Waals surface area contributed by atoms with Crippen molar-refractivity contribution in [2.24, 2.45) is 0 Å². The Kier molecular flexibility index (Phi) is 7.55. The first kappa shape index (κ1) is 19.5. The number of benzene rings is 1. The number of amides is 2. The number of ether oxygens (including phenoxy) is 1. The average Bonchev–Trinajstić information content (AvgIpc) is 2.49.